The van der Waals surface area contributed by atoms with E-state index in [1.54, 1.807) is 12.3 Å². The molecule has 2 N–H and O–H groups in total. The molecule has 0 amide bonds. The van der Waals surface area contributed by atoms with Crippen molar-refractivity contribution in [1.82, 2.24) is 14.6 Å². The highest BCUT2D eigenvalue weighted by Crippen LogP contribution is 2.22. The Morgan fingerprint density at radius 1 is 1.48 bits per heavy atom. The van der Waals surface area contributed by atoms with Crippen molar-refractivity contribution < 1.29 is 13.2 Å². The second kappa shape index (κ2) is 6.48. The summed E-state index contributed by atoms with van der Waals surface area (Å²) in [5.74, 6) is 0. The Labute approximate surface area is 126 Å². The fourth-order valence-corrected chi connectivity index (χ4v) is 3.94. The number of ether oxygens (including phenoxy) is 1. The second-order valence-electron chi connectivity index (χ2n) is 5.92. The zero-order chi connectivity index (χ0) is 15.5. The van der Waals surface area contributed by atoms with Crippen LogP contribution in [0.1, 0.15) is 32.4 Å². The van der Waals surface area contributed by atoms with Gasteiger partial charge in [-0.1, -0.05) is 6.92 Å². The van der Waals surface area contributed by atoms with Crippen LogP contribution >= 0.6 is 0 Å². The molecule has 1 aliphatic rings. The van der Waals surface area contributed by atoms with E-state index in [1.807, 2.05) is 18.5 Å². The molecule has 1 atom stereocenters. The Bertz CT molecular complexity index is 574. The molecule has 1 fully saturated rings. The van der Waals surface area contributed by atoms with Crippen molar-refractivity contribution >= 4 is 10.0 Å². The van der Waals surface area contributed by atoms with E-state index in [0.29, 0.717) is 31.1 Å². The molecule has 120 valence electrons. The third-order valence-electron chi connectivity index (χ3n) is 3.73. The fourth-order valence-electron chi connectivity index (χ4n) is 2.42. The Morgan fingerprint density at radius 3 is 2.86 bits per heavy atom. The molecule has 1 unspecified atom stereocenters. The van der Waals surface area contributed by atoms with Crippen LogP contribution in [0.2, 0.25) is 0 Å². The zero-order valence-electron chi connectivity index (χ0n) is 13.0. The van der Waals surface area contributed by atoms with E-state index in [0.717, 1.165) is 18.7 Å². The van der Waals surface area contributed by atoms with Crippen LogP contribution in [-0.2, 0) is 28.4 Å². The Kier molecular flexibility index (Phi) is 5.08. The van der Waals surface area contributed by atoms with E-state index >= 15 is 0 Å². The molecule has 2 rings (SSSR count). The normalized spacial score (nSPS) is 22.8. The SMILES string of the molecule is CCCNCc1cc(S(=O)(=O)NC2(C)CCOC2)cn1C. The topological polar surface area (TPSA) is 72.4 Å². The van der Waals surface area contributed by atoms with Gasteiger partial charge in [-0.25, -0.2) is 13.1 Å². The first-order valence-electron chi connectivity index (χ1n) is 7.34. The molecule has 21 heavy (non-hydrogen) atoms. The van der Waals surface area contributed by atoms with Crippen LogP contribution in [-0.4, -0.2) is 38.3 Å². The van der Waals surface area contributed by atoms with Crippen LogP contribution in [0, 0.1) is 0 Å². The number of aromatic nitrogens is 1. The van der Waals surface area contributed by atoms with Gasteiger partial charge in [0.1, 0.15) is 0 Å². The highest BCUT2D eigenvalue weighted by molar-refractivity contribution is 7.89. The summed E-state index contributed by atoms with van der Waals surface area (Å²) in [6, 6.07) is 1.73. The highest BCUT2D eigenvalue weighted by Gasteiger charge is 2.35. The van der Waals surface area contributed by atoms with E-state index in [-0.39, 0.29) is 0 Å². The fraction of sp³-hybridized carbons (Fsp3) is 0.714. The van der Waals surface area contributed by atoms with Crippen LogP contribution in [0.5, 0.6) is 0 Å². The lowest BCUT2D eigenvalue weighted by molar-refractivity contribution is 0.178. The quantitative estimate of drug-likeness (QED) is 0.736. The summed E-state index contributed by atoms with van der Waals surface area (Å²) >= 11 is 0. The summed E-state index contributed by atoms with van der Waals surface area (Å²) in [4.78, 5) is 0.312. The van der Waals surface area contributed by atoms with Gasteiger partial charge in [0.2, 0.25) is 10.0 Å². The van der Waals surface area contributed by atoms with Gasteiger partial charge < -0.3 is 14.6 Å². The molecule has 1 saturated heterocycles. The van der Waals surface area contributed by atoms with Crippen molar-refractivity contribution in [3.8, 4) is 0 Å². The summed E-state index contributed by atoms with van der Waals surface area (Å²) in [5.41, 5.74) is 0.451. The van der Waals surface area contributed by atoms with E-state index < -0.39 is 15.6 Å². The van der Waals surface area contributed by atoms with Crippen molar-refractivity contribution in [2.24, 2.45) is 7.05 Å². The molecule has 0 saturated carbocycles. The van der Waals surface area contributed by atoms with Gasteiger partial charge in [-0.2, -0.15) is 0 Å². The maximum absolute atomic E-state index is 12.5. The maximum atomic E-state index is 12.5. The van der Waals surface area contributed by atoms with Gasteiger partial charge in [0.25, 0.3) is 0 Å². The minimum absolute atomic E-state index is 0.312. The standard InChI is InChI=1S/C14H25N3O3S/c1-4-6-15-9-12-8-13(10-17(12)3)21(18,19)16-14(2)5-7-20-11-14/h8,10,15-16H,4-7,9,11H2,1-3H3. The number of sulfonamides is 1. The summed E-state index contributed by atoms with van der Waals surface area (Å²) in [5, 5.41) is 3.28. The second-order valence-corrected chi connectivity index (χ2v) is 7.61. The molecule has 0 bridgehead atoms. The molecule has 1 aromatic heterocycles. The number of rotatable bonds is 7. The number of nitrogens with one attached hydrogen (secondary N) is 2. The van der Waals surface area contributed by atoms with Gasteiger partial charge in [0.05, 0.1) is 17.0 Å². The monoisotopic (exact) mass is 315 g/mol. The lowest BCUT2D eigenvalue weighted by Crippen LogP contribution is -2.46. The zero-order valence-corrected chi connectivity index (χ0v) is 13.8. The number of nitrogens with zero attached hydrogens (tertiary/aromatic N) is 1. The molecular formula is C14H25N3O3S. The molecule has 7 heteroatoms. The first-order chi connectivity index (χ1) is 9.86. The van der Waals surface area contributed by atoms with E-state index in [9.17, 15) is 8.42 Å². The van der Waals surface area contributed by atoms with E-state index in [1.165, 1.54) is 0 Å². The Balaban J connectivity index is 2.11. The Morgan fingerprint density at radius 2 is 2.24 bits per heavy atom. The van der Waals surface area contributed by atoms with Gasteiger partial charge in [-0.05, 0) is 32.4 Å². The molecule has 0 radical (unpaired) electrons. The molecule has 0 aliphatic carbocycles. The highest BCUT2D eigenvalue weighted by atomic mass is 32.2. The third-order valence-corrected chi connectivity index (χ3v) is 5.33. The van der Waals surface area contributed by atoms with Gasteiger partial charge in [0.15, 0.2) is 0 Å². The van der Waals surface area contributed by atoms with Crippen LogP contribution < -0.4 is 10.0 Å². The van der Waals surface area contributed by atoms with Gasteiger partial charge in [-0.15, -0.1) is 0 Å². The third kappa shape index (κ3) is 4.06. The van der Waals surface area contributed by atoms with Crippen molar-refractivity contribution in [2.75, 3.05) is 19.8 Å². The van der Waals surface area contributed by atoms with Gasteiger partial charge in [0, 0.05) is 32.1 Å². The molecule has 2 heterocycles. The predicted molar refractivity (Wildman–Crippen MR) is 81.6 cm³/mol. The van der Waals surface area contributed by atoms with E-state index in [4.69, 9.17) is 4.74 Å². The van der Waals surface area contributed by atoms with Gasteiger partial charge >= 0.3 is 0 Å². The predicted octanol–water partition coefficient (Wildman–Crippen LogP) is 0.982. The van der Waals surface area contributed by atoms with Crippen LogP contribution in [0.3, 0.4) is 0 Å². The smallest absolute Gasteiger partial charge is 0.242 e. The molecule has 1 aromatic rings. The largest absolute Gasteiger partial charge is 0.379 e. The van der Waals surface area contributed by atoms with Crippen LogP contribution in [0.15, 0.2) is 17.2 Å². The minimum Gasteiger partial charge on any atom is -0.379 e. The first kappa shape index (κ1) is 16.5. The van der Waals surface area contributed by atoms with Crippen LogP contribution in [0.25, 0.3) is 0 Å². The number of hydrogen-bond acceptors (Lipinski definition) is 4. The minimum atomic E-state index is -3.51. The van der Waals surface area contributed by atoms with Crippen molar-refractivity contribution in [2.45, 2.75) is 43.7 Å². The maximum Gasteiger partial charge on any atom is 0.242 e. The van der Waals surface area contributed by atoms with Gasteiger partial charge in [-0.3, -0.25) is 0 Å². The summed E-state index contributed by atoms with van der Waals surface area (Å²) < 4.78 is 34.9. The Hall–Kier alpha value is -0.890. The van der Waals surface area contributed by atoms with Crippen molar-refractivity contribution in [3.63, 3.8) is 0 Å². The number of hydrogen-bond donors (Lipinski definition) is 2. The average molecular weight is 315 g/mol. The summed E-state index contributed by atoms with van der Waals surface area (Å²) in [6.07, 6.45) is 3.41. The average Bonchev–Trinajstić information content (AvgIpc) is 2.97. The number of aryl methyl sites for hydroxylation is 1. The lowest BCUT2D eigenvalue weighted by atomic mass is 10.0. The summed E-state index contributed by atoms with van der Waals surface area (Å²) in [6.45, 7) is 6.58. The molecule has 1 aliphatic heterocycles. The van der Waals surface area contributed by atoms with Crippen molar-refractivity contribution in [3.05, 3.63) is 18.0 Å². The van der Waals surface area contributed by atoms with Crippen LogP contribution in [0.4, 0.5) is 0 Å². The van der Waals surface area contributed by atoms with Crippen molar-refractivity contribution in [1.29, 1.82) is 0 Å². The lowest BCUT2D eigenvalue weighted by Gasteiger charge is -2.22. The van der Waals surface area contributed by atoms with E-state index in [2.05, 4.69) is 17.0 Å². The summed E-state index contributed by atoms with van der Waals surface area (Å²) in [7, 11) is -1.65. The molecule has 0 aromatic carbocycles. The molecule has 0 spiro atoms. The molecule has 6 nitrogen and oxygen atoms in total. The first-order valence-corrected chi connectivity index (χ1v) is 8.82. The molecular weight excluding hydrogens is 290 g/mol.